The molecule has 160 valence electrons. The molecule has 0 bridgehead atoms. The first-order chi connectivity index (χ1) is 14.8. The first-order valence-electron chi connectivity index (χ1n) is 9.60. The number of carboxylic acids is 1. The van der Waals surface area contributed by atoms with Crippen molar-refractivity contribution in [3.8, 4) is 11.1 Å². The highest BCUT2D eigenvalue weighted by molar-refractivity contribution is 6.30. The minimum Gasteiger partial charge on any atom is -0.480 e. The molecule has 31 heavy (non-hydrogen) atoms. The molecule has 0 saturated heterocycles. The van der Waals surface area contributed by atoms with Crippen molar-refractivity contribution in [1.29, 1.82) is 0 Å². The fraction of sp³-hybridized carbons (Fsp3) is 0.286. The summed E-state index contributed by atoms with van der Waals surface area (Å²) >= 11 is 6.02. The minimum absolute atomic E-state index is 0.0380. The van der Waals surface area contributed by atoms with Crippen molar-refractivity contribution in [1.82, 2.24) is 24.4 Å². The predicted octanol–water partition coefficient (Wildman–Crippen LogP) is 3.19. The zero-order valence-electron chi connectivity index (χ0n) is 17.1. The highest BCUT2D eigenvalue weighted by atomic mass is 35.5. The highest BCUT2D eigenvalue weighted by Crippen LogP contribution is 2.30. The fourth-order valence-electron chi connectivity index (χ4n) is 3.70. The summed E-state index contributed by atoms with van der Waals surface area (Å²) in [6.45, 7) is 3.72. The molecule has 0 spiro atoms. The van der Waals surface area contributed by atoms with Crippen LogP contribution in [0.15, 0.2) is 41.3 Å². The Labute approximate surface area is 181 Å². The van der Waals surface area contributed by atoms with Crippen LogP contribution < -0.4 is 5.56 Å². The number of methoxy groups -OCH3 is 1. The number of halogens is 1. The number of pyridine rings is 1. The van der Waals surface area contributed by atoms with Gasteiger partial charge in [0.25, 0.3) is 5.56 Å². The summed E-state index contributed by atoms with van der Waals surface area (Å²) in [5.41, 5.74) is 2.57. The molecule has 10 heteroatoms. The van der Waals surface area contributed by atoms with Gasteiger partial charge in [0.2, 0.25) is 0 Å². The molecule has 0 aliphatic rings. The SMILES string of the molecule is COCc1nn2c(nnc3c(=O)n([C@H](C(=O)O)C(C)C)ccc32)c1-c1ccc(Cl)cc1. The van der Waals surface area contributed by atoms with Crippen molar-refractivity contribution in [3.63, 3.8) is 0 Å². The molecule has 9 nitrogen and oxygen atoms in total. The lowest BCUT2D eigenvalue weighted by Crippen LogP contribution is -2.33. The van der Waals surface area contributed by atoms with Gasteiger partial charge in [-0.05, 0) is 29.7 Å². The van der Waals surface area contributed by atoms with Gasteiger partial charge in [0, 0.05) is 18.3 Å². The van der Waals surface area contributed by atoms with Gasteiger partial charge in [-0.3, -0.25) is 9.36 Å². The summed E-state index contributed by atoms with van der Waals surface area (Å²) in [7, 11) is 1.57. The standard InChI is InChI=1S/C21H20ClN5O4/c1-11(2)18(21(29)30)26-9-8-15-17(20(26)28)23-24-19-16(12-4-6-13(22)7-5-12)14(10-31-3)25-27(15)19/h4-9,11,18H,10H2,1-3H3,(H,29,30)/t18-/m0/s1. The van der Waals surface area contributed by atoms with Crippen molar-refractivity contribution in [2.24, 2.45) is 5.92 Å². The van der Waals surface area contributed by atoms with Gasteiger partial charge in [-0.25, -0.2) is 9.31 Å². The summed E-state index contributed by atoms with van der Waals surface area (Å²) in [4.78, 5) is 24.8. The molecule has 3 heterocycles. The maximum atomic E-state index is 13.1. The summed E-state index contributed by atoms with van der Waals surface area (Å²) < 4.78 is 8.02. The quantitative estimate of drug-likeness (QED) is 0.489. The van der Waals surface area contributed by atoms with Gasteiger partial charge in [0.05, 0.1) is 17.9 Å². The van der Waals surface area contributed by atoms with Gasteiger partial charge in [0.1, 0.15) is 11.6 Å². The average Bonchev–Trinajstić information content (AvgIpc) is 3.08. The van der Waals surface area contributed by atoms with E-state index < -0.39 is 17.6 Å². The maximum absolute atomic E-state index is 13.1. The maximum Gasteiger partial charge on any atom is 0.327 e. The second kappa shape index (κ2) is 8.09. The van der Waals surface area contributed by atoms with Crippen LogP contribution in [-0.4, -0.2) is 42.6 Å². The molecular formula is C21H20ClN5O4. The monoisotopic (exact) mass is 441 g/mol. The molecular weight excluding hydrogens is 422 g/mol. The van der Waals surface area contributed by atoms with Crippen molar-refractivity contribution >= 4 is 34.3 Å². The fourth-order valence-corrected chi connectivity index (χ4v) is 3.83. The number of carboxylic acid groups (broad SMARTS) is 1. The molecule has 0 saturated carbocycles. The Morgan fingerprint density at radius 1 is 1.19 bits per heavy atom. The molecule has 3 aromatic heterocycles. The highest BCUT2D eigenvalue weighted by Gasteiger charge is 2.26. The van der Waals surface area contributed by atoms with E-state index in [1.165, 1.54) is 15.3 Å². The summed E-state index contributed by atoms with van der Waals surface area (Å²) in [5, 5.41) is 23.2. The van der Waals surface area contributed by atoms with E-state index in [-0.39, 0.29) is 18.0 Å². The Hall–Kier alpha value is -3.30. The Kier molecular flexibility index (Phi) is 5.47. The normalized spacial score (nSPS) is 12.7. The largest absolute Gasteiger partial charge is 0.480 e. The van der Waals surface area contributed by atoms with Crippen LogP contribution >= 0.6 is 11.6 Å². The second-order valence-electron chi connectivity index (χ2n) is 7.49. The van der Waals surface area contributed by atoms with Crippen LogP contribution in [0.3, 0.4) is 0 Å². The molecule has 1 aromatic carbocycles. The van der Waals surface area contributed by atoms with E-state index in [2.05, 4.69) is 15.3 Å². The first kappa shape index (κ1) is 21.0. The van der Waals surface area contributed by atoms with Crippen LogP contribution in [0.4, 0.5) is 0 Å². The van der Waals surface area contributed by atoms with Crippen LogP contribution in [0.2, 0.25) is 5.02 Å². The molecule has 0 amide bonds. The summed E-state index contributed by atoms with van der Waals surface area (Å²) in [5.74, 6) is -1.38. The topological polar surface area (TPSA) is 112 Å². The molecule has 0 aliphatic carbocycles. The van der Waals surface area contributed by atoms with Gasteiger partial charge >= 0.3 is 5.97 Å². The van der Waals surface area contributed by atoms with Gasteiger partial charge < -0.3 is 9.84 Å². The number of hydrogen-bond acceptors (Lipinski definition) is 6. The molecule has 0 radical (unpaired) electrons. The third kappa shape index (κ3) is 3.55. The van der Waals surface area contributed by atoms with Crippen LogP contribution in [0, 0.1) is 5.92 Å². The van der Waals surface area contributed by atoms with E-state index in [9.17, 15) is 14.7 Å². The molecule has 1 atom stereocenters. The minimum atomic E-state index is -1.09. The van der Waals surface area contributed by atoms with Gasteiger partial charge in [0.15, 0.2) is 11.2 Å². The molecule has 0 aliphatic heterocycles. The Morgan fingerprint density at radius 3 is 2.52 bits per heavy atom. The van der Waals surface area contributed by atoms with Gasteiger partial charge in [-0.1, -0.05) is 37.6 Å². The van der Waals surface area contributed by atoms with Crippen LogP contribution in [0.1, 0.15) is 25.6 Å². The van der Waals surface area contributed by atoms with Crippen LogP contribution in [0.25, 0.3) is 27.8 Å². The third-order valence-electron chi connectivity index (χ3n) is 5.08. The average molecular weight is 442 g/mol. The van der Waals surface area contributed by atoms with E-state index in [1.54, 1.807) is 39.2 Å². The molecule has 0 fully saturated rings. The zero-order valence-corrected chi connectivity index (χ0v) is 17.9. The van der Waals surface area contributed by atoms with E-state index in [0.29, 0.717) is 21.9 Å². The van der Waals surface area contributed by atoms with Crippen LogP contribution in [-0.2, 0) is 16.1 Å². The van der Waals surface area contributed by atoms with Gasteiger partial charge in [-0.15, -0.1) is 10.2 Å². The number of benzene rings is 1. The van der Waals surface area contributed by atoms with E-state index in [1.807, 2.05) is 12.1 Å². The Morgan fingerprint density at radius 2 is 1.90 bits per heavy atom. The Balaban J connectivity index is 1.99. The zero-order chi connectivity index (χ0) is 22.3. The number of aliphatic carboxylic acids is 1. The second-order valence-corrected chi connectivity index (χ2v) is 7.92. The van der Waals surface area contributed by atoms with Crippen molar-refractivity contribution in [2.45, 2.75) is 26.5 Å². The molecule has 1 N–H and O–H groups in total. The molecule has 4 rings (SSSR count). The van der Waals surface area contributed by atoms with E-state index >= 15 is 0 Å². The molecule has 4 aromatic rings. The predicted molar refractivity (Wildman–Crippen MR) is 115 cm³/mol. The number of aromatic nitrogens is 5. The third-order valence-corrected chi connectivity index (χ3v) is 5.33. The lowest BCUT2D eigenvalue weighted by molar-refractivity contribution is -0.142. The number of rotatable bonds is 6. The van der Waals surface area contributed by atoms with Crippen molar-refractivity contribution in [3.05, 3.63) is 57.6 Å². The lowest BCUT2D eigenvalue weighted by atomic mass is 10.0. The van der Waals surface area contributed by atoms with Crippen molar-refractivity contribution in [2.75, 3.05) is 7.11 Å². The first-order valence-corrected chi connectivity index (χ1v) is 9.98. The number of nitrogens with zero attached hydrogens (tertiary/aromatic N) is 5. The van der Waals surface area contributed by atoms with Gasteiger partial charge in [-0.2, -0.15) is 5.10 Å². The smallest absolute Gasteiger partial charge is 0.327 e. The lowest BCUT2D eigenvalue weighted by Gasteiger charge is -2.19. The Bertz CT molecular complexity index is 1340. The molecule has 0 unspecified atom stereocenters. The van der Waals surface area contributed by atoms with E-state index in [4.69, 9.17) is 16.3 Å². The number of hydrogen-bond donors (Lipinski definition) is 1. The summed E-state index contributed by atoms with van der Waals surface area (Å²) in [6.07, 6.45) is 1.46. The number of ether oxygens (including phenoxy) is 1. The number of fused-ring (bicyclic) bond motifs is 3. The number of carbonyl (C=O) groups is 1. The van der Waals surface area contributed by atoms with E-state index in [0.717, 1.165) is 11.1 Å². The van der Waals surface area contributed by atoms with Crippen LogP contribution in [0.5, 0.6) is 0 Å². The summed E-state index contributed by atoms with van der Waals surface area (Å²) in [6, 6.07) is 7.85. The van der Waals surface area contributed by atoms with Crippen molar-refractivity contribution < 1.29 is 14.6 Å².